The molecule has 0 bridgehead atoms. The minimum Gasteiger partial charge on any atom is -0.429 e. The van der Waals surface area contributed by atoms with Crippen molar-refractivity contribution in [2.45, 2.75) is 0 Å². The zero-order valence-electron chi connectivity index (χ0n) is 6.44. The molecule has 0 amide bonds. The van der Waals surface area contributed by atoms with Gasteiger partial charge in [0.2, 0.25) is 0 Å². The highest BCUT2D eigenvalue weighted by Gasteiger charge is 1.98. The van der Waals surface area contributed by atoms with Crippen LogP contribution in [0.3, 0.4) is 0 Å². The SMILES string of the molecule is O=COc1ccc2sc(=S)[nH]c2c1. The number of carbonyl (C=O) groups is 1. The fourth-order valence-electron chi connectivity index (χ4n) is 1.06. The van der Waals surface area contributed by atoms with Crippen molar-refractivity contribution >= 4 is 40.2 Å². The number of ether oxygens (including phenoxy) is 1. The number of hydrogen-bond donors (Lipinski definition) is 1. The van der Waals surface area contributed by atoms with Crippen molar-refractivity contribution in [2.24, 2.45) is 0 Å². The topological polar surface area (TPSA) is 42.1 Å². The monoisotopic (exact) mass is 211 g/mol. The number of carbonyl (C=O) groups excluding carboxylic acids is 1. The molecule has 3 nitrogen and oxygen atoms in total. The van der Waals surface area contributed by atoms with Crippen LogP contribution in [0.5, 0.6) is 5.75 Å². The maximum Gasteiger partial charge on any atom is 0.298 e. The Bertz CT molecular complexity index is 500. The average Bonchev–Trinajstić information content (AvgIpc) is 2.44. The maximum absolute atomic E-state index is 10.1. The summed E-state index contributed by atoms with van der Waals surface area (Å²) in [6, 6.07) is 5.34. The largest absolute Gasteiger partial charge is 0.429 e. The smallest absolute Gasteiger partial charge is 0.298 e. The Hall–Kier alpha value is -1.20. The number of nitrogens with one attached hydrogen (secondary N) is 1. The van der Waals surface area contributed by atoms with Crippen molar-refractivity contribution in [1.29, 1.82) is 0 Å². The van der Waals surface area contributed by atoms with Crippen molar-refractivity contribution < 1.29 is 9.53 Å². The lowest BCUT2D eigenvalue weighted by molar-refractivity contribution is -0.120. The molecule has 0 saturated heterocycles. The normalized spacial score (nSPS) is 10.2. The highest BCUT2D eigenvalue weighted by atomic mass is 32.1. The van der Waals surface area contributed by atoms with E-state index in [0.29, 0.717) is 12.2 Å². The summed E-state index contributed by atoms with van der Waals surface area (Å²) in [5.41, 5.74) is 0.898. The third-order valence-corrected chi connectivity index (χ3v) is 2.79. The summed E-state index contributed by atoms with van der Waals surface area (Å²) < 4.78 is 6.47. The number of aromatic nitrogens is 1. The fourth-order valence-corrected chi connectivity index (χ4v) is 2.16. The highest BCUT2D eigenvalue weighted by molar-refractivity contribution is 7.73. The lowest BCUT2D eigenvalue weighted by Gasteiger charge is -1.95. The van der Waals surface area contributed by atoms with Crippen molar-refractivity contribution in [1.82, 2.24) is 4.98 Å². The van der Waals surface area contributed by atoms with Crippen LogP contribution in [0.25, 0.3) is 10.2 Å². The molecule has 5 heteroatoms. The predicted molar refractivity (Wildman–Crippen MR) is 53.7 cm³/mol. The van der Waals surface area contributed by atoms with Gasteiger partial charge in [0.05, 0.1) is 10.2 Å². The summed E-state index contributed by atoms with van der Waals surface area (Å²) >= 11 is 6.47. The molecule has 1 heterocycles. The van der Waals surface area contributed by atoms with Gasteiger partial charge < -0.3 is 9.72 Å². The third-order valence-electron chi connectivity index (χ3n) is 1.57. The molecule has 0 radical (unpaired) electrons. The second-order valence-corrected chi connectivity index (χ2v) is 4.11. The first-order valence-electron chi connectivity index (χ1n) is 3.53. The molecule has 1 aromatic heterocycles. The number of thiazole rings is 1. The van der Waals surface area contributed by atoms with E-state index in [1.165, 1.54) is 11.3 Å². The van der Waals surface area contributed by atoms with E-state index in [1.54, 1.807) is 12.1 Å². The number of H-pyrrole nitrogens is 1. The van der Waals surface area contributed by atoms with Gasteiger partial charge in [-0.2, -0.15) is 0 Å². The molecule has 1 aromatic carbocycles. The van der Waals surface area contributed by atoms with Crippen LogP contribution < -0.4 is 4.74 Å². The molecular weight excluding hydrogens is 206 g/mol. The summed E-state index contributed by atoms with van der Waals surface area (Å²) in [6.45, 7) is 0.405. The first-order valence-corrected chi connectivity index (χ1v) is 4.75. The average molecular weight is 211 g/mol. The quantitative estimate of drug-likeness (QED) is 0.613. The second kappa shape index (κ2) is 3.27. The third kappa shape index (κ3) is 1.61. The van der Waals surface area contributed by atoms with Gasteiger partial charge in [-0.15, -0.1) is 11.3 Å². The Morgan fingerprint density at radius 3 is 3.15 bits per heavy atom. The summed E-state index contributed by atoms with van der Waals surface area (Å²) in [6.07, 6.45) is 0. The van der Waals surface area contributed by atoms with Crippen molar-refractivity contribution in [2.75, 3.05) is 0 Å². The maximum atomic E-state index is 10.1. The predicted octanol–water partition coefficient (Wildman–Crippen LogP) is 2.49. The molecule has 66 valence electrons. The van der Waals surface area contributed by atoms with Crippen LogP contribution in [0.4, 0.5) is 0 Å². The molecule has 2 aromatic rings. The van der Waals surface area contributed by atoms with E-state index in [1.807, 2.05) is 6.07 Å². The van der Waals surface area contributed by atoms with Gasteiger partial charge in [0.1, 0.15) is 5.75 Å². The molecule has 1 N–H and O–H groups in total. The molecule has 0 atom stereocenters. The van der Waals surface area contributed by atoms with Gasteiger partial charge in [0, 0.05) is 6.07 Å². The lowest BCUT2D eigenvalue weighted by atomic mass is 10.3. The Morgan fingerprint density at radius 1 is 1.54 bits per heavy atom. The van der Waals surface area contributed by atoms with Crippen LogP contribution in [0, 0.1) is 3.95 Å². The van der Waals surface area contributed by atoms with E-state index >= 15 is 0 Å². The van der Waals surface area contributed by atoms with E-state index in [0.717, 1.165) is 14.2 Å². The number of benzene rings is 1. The standard InChI is InChI=1S/C8H5NO2S2/c10-4-11-5-1-2-7-6(3-5)9-8(12)13-7/h1-4H,(H,9,12). The molecule has 13 heavy (non-hydrogen) atoms. The Morgan fingerprint density at radius 2 is 2.38 bits per heavy atom. The van der Waals surface area contributed by atoms with E-state index < -0.39 is 0 Å². The number of rotatable bonds is 2. The minimum absolute atomic E-state index is 0.405. The van der Waals surface area contributed by atoms with Crippen LogP contribution in [0.15, 0.2) is 18.2 Å². The van der Waals surface area contributed by atoms with E-state index in [9.17, 15) is 4.79 Å². The molecule has 2 rings (SSSR count). The minimum atomic E-state index is 0.405. The van der Waals surface area contributed by atoms with Gasteiger partial charge >= 0.3 is 0 Å². The Kier molecular flexibility index (Phi) is 2.12. The fraction of sp³-hybridized carbons (Fsp3) is 0. The van der Waals surface area contributed by atoms with Gasteiger partial charge in [-0.05, 0) is 24.4 Å². The van der Waals surface area contributed by atoms with Crippen LogP contribution >= 0.6 is 23.6 Å². The van der Waals surface area contributed by atoms with E-state index in [-0.39, 0.29) is 0 Å². The summed E-state index contributed by atoms with van der Waals surface area (Å²) in [4.78, 5) is 13.1. The summed E-state index contributed by atoms with van der Waals surface area (Å²) in [5, 5.41) is 0. The molecule has 0 aliphatic heterocycles. The molecule has 0 spiro atoms. The molecule has 0 saturated carbocycles. The van der Waals surface area contributed by atoms with Crippen molar-refractivity contribution in [3.8, 4) is 5.75 Å². The van der Waals surface area contributed by atoms with Gasteiger partial charge in [-0.25, -0.2) is 0 Å². The lowest BCUT2D eigenvalue weighted by Crippen LogP contribution is -1.87. The second-order valence-electron chi connectivity index (χ2n) is 2.39. The van der Waals surface area contributed by atoms with Gasteiger partial charge in [-0.3, -0.25) is 4.79 Å². The van der Waals surface area contributed by atoms with E-state index in [2.05, 4.69) is 4.98 Å². The van der Waals surface area contributed by atoms with Gasteiger partial charge in [-0.1, -0.05) is 0 Å². The number of fused-ring (bicyclic) bond motifs is 1. The van der Waals surface area contributed by atoms with Crippen molar-refractivity contribution in [3.05, 3.63) is 22.2 Å². The number of aromatic amines is 1. The van der Waals surface area contributed by atoms with Crippen LogP contribution in [0.1, 0.15) is 0 Å². The van der Waals surface area contributed by atoms with Gasteiger partial charge in [0.15, 0.2) is 3.95 Å². The van der Waals surface area contributed by atoms with E-state index in [4.69, 9.17) is 17.0 Å². The van der Waals surface area contributed by atoms with Crippen LogP contribution in [-0.2, 0) is 4.79 Å². The molecule has 0 unspecified atom stereocenters. The molecular formula is C8H5NO2S2. The summed E-state index contributed by atoms with van der Waals surface area (Å²) in [7, 11) is 0. The van der Waals surface area contributed by atoms with Crippen LogP contribution in [0.2, 0.25) is 0 Å². The zero-order valence-corrected chi connectivity index (χ0v) is 8.08. The highest BCUT2D eigenvalue weighted by Crippen LogP contribution is 2.23. The first-order chi connectivity index (χ1) is 6.29. The zero-order chi connectivity index (χ0) is 9.26. The number of hydrogen-bond acceptors (Lipinski definition) is 4. The van der Waals surface area contributed by atoms with Crippen LogP contribution in [-0.4, -0.2) is 11.5 Å². The molecule has 0 aliphatic carbocycles. The Labute approximate surface area is 83.0 Å². The van der Waals surface area contributed by atoms with Gasteiger partial charge in [0.25, 0.3) is 6.47 Å². The Balaban J connectivity index is 2.60. The first kappa shape index (κ1) is 8.40. The molecule has 0 aliphatic rings. The molecule has 0 fully saturated rings. The van der Waals surface area contributed by atoms with Crippen molar-refractivity contribution in [3.63, 3.8) is 0 Å². The summed E-state index contributed by atoms with van der Waals surface area (Å²) in [5.74, 6) is 0.520.